The van der Waals surface area contributed by atoms with Crippen molar-refractivity contribution in [2.24, 2.45) is 5.73 Å². The van der Waals surface area contributed by atoms with E-state index in [1.165, 1.54) is 12.3 Å². The van der Waals surface area contributed by atoms with Gasteiger partial charge in [-0.25, -0.2) is 9.37 Å². The Bertz CT molecular complexity index is 478. The van der Waals surface area contributed by atoms with Gasteiger partial charge in [-0.15, -0.1) is 11.3 Å². The predicted molar refractivity (Wildman–Crippen MR) is 62.8 cm³/mol. The van der Waals surface area contributed by atoms with Gasteiger partial charge in [-0.3, -0.25) is 4.98 Å². The number of thiazole rings is 1. The zero-order chi connectivity index (χ0) is 11.5. The van der Waals surface area contributed by atoms with E-state index in [1.54, 1.807) is 17.4 Å². The molecule has 0 bridgehead atoms. The van der Waals surface area contributed by atoms with Crippen LogP contribution in [0.15, 0.2) is 18.3 Å². The number of hydrogen-bond acceptors (Lipinski definition) is 4. The van der Waals surface area contributed by atoms with Crippen LogP contribution < -0.4 is 5.73 Å². The molecule has 0 unspecified atom stereocenters. The zero-order valence-electron chi connectivity index (χ0n) is 8.90. The summed E-state index contributed by atoms with van der Waals surface area (Å²) in [6.45, 7) is 2.57. The number of nitrogens with zero attached hydrogens (tertiary/aromatic N) is 2. The normalized spacial score (nSPS) is 10.7. The molecule has 0 amide bonds. The van der Waals surface area contributed by atoms with Crippen molar-refractivity contribution in [2.75, 3.05) is 6.54 Å². The van der Waals surface area contributed by atoms with Gasteiger partial charge < -0.3 is 5.73 Å². The summed E-state index contributed by atoms with van der Waals surface area (Å²) in [6.07, 6.45) is 1.98. The van der Waals surface area contributed by atoms with Gasteiger partial charge in [-0.1, -0.05) is 0 Å². The lowest BCUT2D eigenvalue weighted by Crippen LogP contribution is -2.02. The maximum Gasteiger partial charge on any atom is 0.141 e. The molecule has 0 saturated carbocycles. The predicted octanol–water partition coefficient (Wildman–Crippen LogP) is 2.15. The van der Waals surface area contributed by atoms with Crippen molar-refractivity contribution < 1.29 is 4.39 Å². The molecule has 0 aliphatic heterocycles. The largest absolute Gasteiger partial charge is 0.330 e. The van der Waals surface area contributed by atoms with E-state index in [4.69, 9.17) is 5.73 Å². The summed E-state index contributed by atoms with van der Waals surface area (Å²) in [5, 5.41) is 1.00. The molecule has 0 aliphatic carbocycles. The van der Waals surface area contributed by atoms with Gasteiger partial charge in [0.1, 0.15) is 11.5 Å². The van der Waals surface area contributed by atoms with Crippen molar-refractivity contribution in [2.45, 2.75) is 13.3 Å². The molecule has 0 fully saturated rings. The molecule has 16 heavy (non-hydrogen) atoms. The maximum atomic E-state index is 12.7. The van der Waals surface area contributed by atoms with E-state index in [0.29, 0.717) is 12.2 Å². The first-order chi connectivity index (χ1) is 7.70. The SMILES string of the molecule is Cc1sc(CCN)nc1-c1ccc(F)cn1. The van der Waals surface area contributed by atoms with Crippen LogP contribution in [0.4, 0.5) is 4.39 Å². The molecule has 84 valence electrons. The number of aryl methyl sites for hydroxylation is 1. The lowest BCUT2D eigenvalue weighted by molar-refractivity contribution is 0.622. The summed E-state index contributed by atoms with van der Waals surface area (Å²) >= 11 is 1.61. The molecule has 5 heteroatoms. The van der Waals surface area contributed by atoms with Gasteiger partial charge in [0.2, 0.25) is 0 Å². The minimum absolute atomic E-state index is 0.334. The Morgan fingerprint density at radius 3 is 2.88 bits per heavy atom. The second kappa shape index (κ2) is 4.67. The quantitative estimate of drug-likeness (QED) is 0.890. The van der Waals surface area contributed by atoms with Crippen LogP contribution in [0.1, 0.15) is 9.88 Å². The molecular formula is C11H12FN3S. The van der Waals surface area contributed by atoms with Crippen LogP contribution in [0.2, 0.25) is 0 Å². The first-order valence-electron chi connectivity index (χ1n) is 4.99. The fourth-order valence-corrected chi connectivity index (χ4v) is 2.39. The Kier molecular flexibility index (Phi) is 3.26. The standard InChI is InChI=1S/C11H12FN3S/c1-7-11(15-10(16-7)4-5-13)9-3-2-8(12)6-14-9/h2-3,6H,4-5,13H2,1H3. The summed E-state index contributed by atoms with van der Waals surface area (Å²) in [5.41, 5.74) is 7.01. The summed E-state index contributed by atoms with van der Waals surface area (Å²) in [6, 6.07) is 3.04. The van der Waals surface area contributed by atoms with Gasteiger partial charge in [0.05, 0.1) is 16.9 Å². The highest BCUT2D eigenvalue weighted by Crippen LogP contribution is 2.26. The first-order valence-corrected chi connectivity index (χ1v) is 5.80. The van der Waals surface area contributed by atoms with Crippen LogP contribution in [0.25, 0.3) is 11.4 Å². The topological polar surface area (TPSA) is 51.8 Å². The molecule has 2 N–H and O–H groups in total. The van der Waals surface area contributed by atoms with Gasteiger partial charge in [-0.2, -0.15) is 0 Å². The second-order valence-corrected chi connectivity index (χ2v) is 4.70. The molecule has 3 nitrogen and oxygen atoms in total. The van der Waals surface area contributed by atoms with Crippen LogP contribution in [0.3, 0.4) is 0 Å². The van der Waals surface area contributed by atoms with E-state index in [-0.39, 0.29) is 5.82 Å². The van der Waals surface area contributed by atoms with Crippen molar-refractivity contribution >= 4 is 11.3 Å². The average Bonchev–Trinajstić information content (AvgIpc) is 2.61. The summed E-state index contributed by atoms with van der Waals surface area (Å²) in [4.78, 5) is 9.56. The van der Waals surface area contributed by atoms with Crippen LogP contribution in [-0.2, 0) is 6.42 Å². The third-order valence-corrected chi connectivity index (χ3v) is 3.20. The number of hydrogen-bond donors (Lipinski definition) is 1. The molecule has 0 spiro atoms. The van der Waals surface area contributed by atoms with Gasteiger partial charge in [0, 0.05) is 11.3 Å². The van der Waals surface area contributed by atoms with Crippen LogP contribution in [0.5, 0.6) is 0 Å². The molecular weight excluding hydrogens is 225 g/mol. The van der Waals surface area contributed by atoms with Crippen molar-refractivity contribution in [1.82, 2.24) is 9.97 Å². The first kappa shape index (κ1) is 11.2. The van der Waals surface area contributed by atoms with Crippen molar-refractivity contribution in [3.8, 4) is 11.4 Å². The van der Waals surface area contributed by atoms with E-state index < -0.39 is 0 Å². The van der Waals surface area contributed by atoms with Crippen molar-refractivity contribution in [3.05, 3.63) is 34.0 Å². The minimum Gasteiger partial charge on any atom is -0.330 e. The van der Waals surface area contributed by atoms with Crippen LogP contribution >= 0.6 is 11.3 Å². The van der Waals surface area contributed by atoms with Gasteiger partial charge in [0.25, 0.3) is 0 Å². The summed E-state index contributed by atoms with van der Waals surface area (Å²) < 4.78 is 12.7. The molecule has 2 heterocycles. The third kappa shape index (κ3) is 2.25. The van der Waals surface area contributed by atoms with E-state index in [1.807, 2.05) is 6.92 Å². The monoisotopic (exact) mass is 237 g/mol. The zero-order valence-corrected chi connectivity index (χ0v) is 9.72. The highest BCUT2D eigenvalue weighted by atomic mass is 32.1. The molecule has 0 aromatic carbocycles. The molecule has 0 radical (unpaired) electrons. The Balaban J connectivity index is 2.36. The van der Waals surface area contributed by atoms with Gasteiger partial charge in [0.15, 0.2) is 0 Å². The summed E-state index contributed by atoms with van der Waals surface area (Å²) in [7, 11) is 0. The van der Waals surface area contributed by atoms with Gasteiger partial charge >= 0.3 is 0 Å². The van der Waals surface area contributed by atoms with Crippen molar-refractivity contribution in [1.29, 1.82) is 0 Å². The lowest BCUT2D eigenvalue weighted by atomic mass is 10.2. The maximum absolute atomic E-state index is 12.7. The Hall–Kier alpha value is -1.33. The smallest absolute Gasteiger partial charge is 0.141 e. The molecule has 2 aromatic rings. The van der Waals surface area contributed by atoms with Crippen LogP contribution in [-0.4, -0.2) is 16.5 Å². The fraction of sp³-hybridized carbons (Fsp3) is 0.273. The number of halogens is 1. The Morgan fingerprint density at radius 2 is 2.25 bits per heavy atom. The molecule has 2 rings (SSSR count). The highest BCUT2D eigenvalue weighted by Gasteiger charge is 2.10. The highest BCUT2D eigenvalue weighted by molar-refractivity contribution is 7.12. The number of pyridine rings is 1. The average molecular weight is 237 g/mol. The van der Waals surface area contributed by atoms with Gasteiger partial charge in [-0.05, 0) is 25.6 Å². The van der Waals surface area contributed by atoms with E-state index in [0.717, 1.165) is 22.0 Å². The van der Waals surface area contributed by atoms with Crippen LogP contribution in [0, 0.1) is 12.7 Å². The summed E-state index contributed by atoms with van der Waals surface area (Å²) in [5.74, 6) is -0.334. The second-order valence-electron chi connectivity index (χ2n) is 3.41. The molecule has 0 atom stereocenters. The number of aromatic nitrogens is 2. The van der Waals surface area contributed by atoms with Crippen molar-refractivity contribution in [3.63, 3.8) is 0 Å². The minimum atomic E-state index is -0.334. The van der Waals surface area contributed by atoms with E-state index >= 15 is 0 Å². The Labute approximate surface area is 97.2 Å². The van der Waals surface area contributed by atoms with E-state index in [9.17, 15) is 4.39 Å². The lowest BCUT2D eigenvalue weighted by Gasteiger charge is -1.96. The van der Waals surface area contributed by atoms with E-state index in [2.05, 4.69) is 9.97 Å². The third-order valence-electron chi connectivity index (χ3n) is 2.17. The fourth-order valence-electron chi connectivity index (χ4n) is 1.44. The number of rotatable bonds is 3. The molecule has 0 saturated heterocycles. The molecule has 0 aliphatic rings. The Morgan fingerprint density at radius 1 is 1.44 bits per heavy atom. The molecule has 2 aromatic heterocycles. The number of nitrogens with two attached hydrogens (primary N) is 1.